The molecule has 0 aliphatic carbocycles. The van der Waals surface area contributed by atoms with Crippen LogP contribution in [0.4, 0.5) is 0 Å². The fourth-order valence-electron chi connectivity index (χ4n) is 3.54. The molecule has 1 heterocycles. The summed E-state index contributed by atoms with van der Waals surface area (Å²) in [5, 5.41) is 10.4. The lowest BCUT2D eigenvalue weighted by atomic mass is 9.98. The van der Waals surface area contributed by atoms with Gasteiger partial charge in [0.15, 0.2) is 11.5 Å². The number of hydrogen-bond donors (Lipinski definition) is 1. The van der Waals surface area contributed by atoms with Gasteiger partial charge in [-0.25, -0.2) is 4.79 Å². The van der Waals surface area contributed by atoms with E-state index >= 15 is 0 Å². The number of methoxy groups -OCH3 is 2. The number of hydrogen-bond acceptors (Lipinski definition) is 7. The third-order valence-corrected chi connectivity index (χ3v) is 5.07. The molecule has 0 radical (unpaired) electrons. The van der Waals surface area contributed by atoms with Crippen molar-refractivity contribution in [2.75, 3.05) is 40.5 Å². The Morgan fingerprint density at radius 1 is 1.10 bits per heavy atom. The van der Waals surface area contributed by atoms with E-state index in [0.717, 1.165) is 25.3 Å². The number of ether oxygens (including phenoxy) is 4. The normalized spacial score (nSPS) is 14.5. The summed E-state index contributed by atoms with van der Waals surface area (Å²) in [5.41, 5.74) is 2.90. The van der Waals surface area contributed by atoms with Crippen LogP contribution in [-0.2, 0) is 17.7 Å². The first-order chi connectivity index (χ1) is 14.5. The van der Waals surface area contributed by atoms with E-state index in [1.807, 2.05) is 12.1 Å². The molecule has 2 aromatic rings. The van der Waals surface area contributed by atoms with Gasteiger partial charge in [0.1, 0.15) is 18.5 Å². The maximum atomic E-state index is 11.7. The average Bonchev–Trinajstić information content (AvgIpc) is 2.77. The largest absolute Gasteiger partial charge is 0.493 e. The first kappa shape index (κ1) is 21.9. The Balaban J connectivity index is 1.51. The molecule has 1 aliphatic rings. The number of carbonyl (C=O) groups is 1. The number of β-amino-alcohol motifs (C(OH)–C–C–N with tert-alkyl or cyclic N) is 1. The number of rotatable bonds is 9. The van der Waals surface area contributed by atoms with Crippen molar-refractivity contribution in [2.45, 2.75) is 26.0 Å². The van der Waals surface area contributed by atoms with Gasteiger partial charge in [-0.3, -0.25) is 4.90 Å². The Bertz CT molecular complexity index is 852. The number of aliphatic hydroxyl groups is 1. The van der Waals surface area contributed by atoms with Gasteiger partial charge in [0.05, 0.1) is 26.4 Å². The summed E-state index contributed by atoms with van der Waals surface area (Å²) in [5.74, 6) is 1.70. The predicted octanol–water partition coefficient (Wildman–Crippen LogP) is 2.68. The van der Waals surface area contributed by atoms with Gasteiger partial charge in [0.25, 0.3) is 0 Å². The number of fused-ring (bicyclic) bond motifs is 1. The van der Waals surface area contributed by atoms with Gasteiger partial charge in [-0.15, -0.1) is 0 Å². The quantitative estimate of drug-likeness (QED) is 0.631. The second kappa shape index (κ2) is 10.3. The van der Waals surface area contributed by atoms with Crippen LogP contribution < -0.4 is 14.2 Å². The van der Waals surface area contributed by atoms with Crippen molar-refractivity contribution in [3.8, 4) is 17.2 Å². The van der Waals surface area contributed by atoms with Crippen LogP contribution in [0.3, 0.4) is 0 Å². The highest BCUT2D eigenvalue weighted by atomic mass is 16.5. The molecular weight excluding hydrogens is 386 g/mol. The van der Waals surface area contributed by atoms with Crippen molar-refractivity contribution in [1.29, 1.82) is 0 Å². The van der Waals surface area contributed by atoms with Crippen LogP contribution in [0.1, 0.15) is 28.4 Å². The monoisotopic (exact) mass is 415 g/mol. The lowest BCUT2D eigenvalue weighted by Gasteiger charge is -2.31. The van der Waals surface area contributed by atoms with Crippen LogP contribution >= 0.6 is 0 Å². The van der Waals surface area contributed by atoms with Crippen LogP contribution in [0.2, 0.25) is 0 Å². The second-order valence-corrected chi connectivity index (χ2v) is 7.17. The molecule has 3 rings (SSSR count). The van der Waals surface area contributed by atoms with Gasteiger partial charge in [0.2, 0.25) is 0 Å². The zero-order valence-electron chi connectivity index (χ0n) is 17.7. The first-order valence-corrected chi connectivity index (χ1v) is 10.1. The Morgan fingerprint density at radius 2 is 1.77 bits per heavy atom. The van der Waals surface area contributed by atoms with Gasteiger partial charge in [-0.05, 0) is 60.9 Å². The van der Waals surface area contributed by atoms with Gasteiger partial charge in [-0.2, -0.15) is 0 Å². The Kier molecular flexibility index (Phi) is 7.54. The van der Waals surface area contributed by atoms with E-state index in [9.17, 15) is 9.90 Å². The molecule has 2 aromatic carbocycles. The van der Waals surface area contributed by atoms with Crippen molar-refractivity contribution in [3.05, 3.63) is 53.1 Å². The minimum atomic E-state index is -0.628. The summed E-state index contributed by atoms with van der Waals surface area (Å²) < 4.78 is 21.4. The molecule has 0 fully saturated rings. The molecule has 30 heavy (non-hydrogen) atoms. The van der Waals surface area contributed by atoms with Crippen LogP contribution in [0.5, 0.6) is 17.2 Å². The molecule has 0 spiro atoms. The molecule has 0 bridgehead atoms. The lowest BCUT2D eigenvalue weighted by molar-refractivity contribution is 0.0525. The zero-order chi connectivity index (χ0) is 21.5. The van der Waals surface area contributed by atoms with E-state index in [0.29, 0.717) is 30.2 Å². The fourth-order valence-corrected chi connectivity index (χ4v) is 3.54. The Labute approximate surface area is 177 Å². The second-order valence-electron chi connectivity index (χ2n) is 7.17. The molecule has 162 valence electrons. The zero-order valence-corrected chi connectivity index (χ0v) is 17.7. The maximum Gasteiger partial charge on any atom is 0.338 e. The molecule has 0 aromatic heterocycles. The molecule has 0 amide bonds. The van der Waals surface area contributed by atoms with Gasteiger partial charge in [0, 0.05) is 19.6 Å². The summed E-state index contributed by atoms with van der Waals surface area (Å²) in [6.45, 7) is 4.38. The highest BCUT2D eigenvalue weighted by Crippen LogP contribution is 2.33. The minimum absolute atomic E-state index is 0.175. The van der Waals surface area contributed by atoms with E-state index in [-0.39, 0.29) is 12.6 Å². The maximum absolute atomic E-state index is 11.7. The summed E-state index contributed by atoms with van der Waals surface area (Å²) >= 11 is 0. The van der Waals surface area contributed by atoms with Crippen molar-refractivity contribution in [3.63, 3.8) is 0 Å². The third kappa shape index (κ3) is 5.43. The molecule has 0 saturated carbocycles. The van der Waals surface area contributed by atoms with E-state index in [1.54, 1.807) is 45.4 Å². The molecule has 7 heteroatoms. The predicted molar refractivity (Wildman–Crippen MR) is 112 cm³/mol. The van der Waals surface area contributed by atoms with Crippen LogP contribution in [0.15, 0.2) is 36.4 Å². The number of esters is 1. The number of aliphatic hydroxyl groups excluding tert-OH is 1. The molecule has 0 saturated heterocycles. The van der Waals surface area contributed by atoms with Crippen LogP contribution in [0, 0.1) is 0 Å². The van der Waals surface area contributed by atoms with Gasteiger partial charge >= 0.3 is 5.97 Å². The topological polar surface area (TPSA) is 77.5 Å². The van der Waals surface area contributed by atoms with Crippen molar-refractivity contribution in [2.24, 2.45) is 0 Å². The SMILES string of the molecule is CCOC(=O)c1ccc(OC[C@H](O)CN2CCc3cc(OC)c(OC)cc3C2)cc1. The van der Waals surface area contributed by atoms with Gasteiger partial charge < -0.3 is 24.1 Å². The summed E-state index contributed by atoms with van der Waals surface area (Å²) in [7, 11) is 3.27. The highest BCUT2D eigenvalue weighted by molar-refractivity contribution is 5.89. The molecule has 0 unspecified atom stereocenters. The van der Waals surface area contributed by atoms with E-state index < -0.39 is 6.10 Å². The minimum Gasteiger partial charge on any atom is -0.493 e. The third-order valence-electron chi connectivity index (χ3n) is 5.07. The molecule has 1 atom stereocenters. The summed E-state index contributed by atoms with van der Waals surface area (Å²) in [6.07, 6.45) is 0.259. The van der Waals surface area contributed by atoms with E-state index in [4.69, 9.17) is 18.9 Å². The molecule has 7 nitrogen and oxygen atoms in total. The number of nitrogens with zero attached hydrogens (tertiary/aromatic N) is 1. The van der Waals surface area contributed by atoms with Crippen LogP contribution in [-0.4, -0.2) is 62.6 Å². The van der Waals surface area contributed by atoms with Crippen molar-refractivity contribution < 1.29 is 28.8 Å². The standard InChI is InChI=1S/C23H29NO6/c1-4-29-23(26)16-5-7-20(8-6-16)30-15-19(25)14-24-10-9-17-11-21(27-2)22(28-3)12-18(17)13-24/h5-8,11-12,19,25H,4,9-10,13-15H2,1-3H3/t19-/m1/s1. The number of benzene rings is 2. The smallest absolute Gasteiger partial charge is 0.338 e. The molecule has 1 N–H and O–H groups in total. The average molecular weight is 415 g/mol. The van der Waals surface area contributed by atoms with Crippen LogP contribution in [0.25, 0.3) is 0 Å². The molecular formula is C23H29NO6. The Morgan fingerprint density at radius 3 is 2.40 bits per heavy atom. The van der Waals surface area contributed by atoms with E-state index in [2.05, 4.69) is 4.90 Å². The van der Waals surface area contributed by atoms with Crippen molar-refractivity contribution in [1.82, 2.24) is 4.90 Å². The van der Waals surface area contributed by atoms with Gasteiger partial charge in [-0.1, -0.05) is 0 Å². The van der Waals surface area contributed by atoms with E-state index in [1.165, 1.54) is 11.1 Å². The Hall–Kier alpha value is -2.77. The van der Waals surface area contributed by atoms with Crippen molar-refractivity contribution >= 4 is 5.97 Å². The first-order valence-electron chi connectivity index (χ1n) is 10.1. The highest BCUT2D eigenvalue weighted by Gasteiger charge is 2.21. The molecule has 1 aliphatic heterocycles. The summed E-state index contributed by atoms with van der Waals surface area (Å²) in [4.78, 5) is 13.9. The summed E-state index contributed by atoms with van der Waals surface area (Å²) in [6, 6.07) is 10.8. The lowest BCUT2D eigenvalue weighted by Crippen LogP contribution is -2.38. The fraction of sp³-hybridized carbons (Fsp3) is 0.435. The number of carbonyl (C=O) groups excluding carboxylic acids is 1.